The van der Waals surface area contributed by atoms with Gasteiger partial charge in [0.05, 0.1) is 0 Å². The van der Waals surface area contributed by atoms with E-state index >= 15 is 0 Å². The van der Waals surface area contributed by atoms with Gasteiger partial charge in [-0.15, -0.1) is 0 Å². The summed E-state index contributed by atoms with van der Waals surface area (Å²) in [7, 11) is 0. The molecule has 1 aliphatic rings. The zero-order chi connectivity index (χ0) is 12.6. The van der Waals surface area contributed by atoms with E-state index in [2.05, 4.69) is 20.8 Å². The first-order chi connectivity index (χ1) is 7.85. The Morgan fingerprint density at radius 2 is 2.12 bits per heavy atom. The van der Waals surface area contributed by atoms with Gasteiger partial charge in [0.1, 0.15) is 11.9 Å². The van der Waals surface area contributed by atoms with Gasteiger partial charge in [0.25, 0.3) is 0 Å². The van der Waals surface area contributed by atoms with Crippen LogP contribution in [-0.4, -0.2) is 6.10 Å². The Morgan fingerprint density at radius 1 is 1.41 bits per heavy atom. The van der Waals surface area contributed by atoms with Crippen LogP contribution in [0, 0.1) is 5.41 Å². The lowest BCUT2D eigenvalue weighted by atomic mass is 9.85. The first-order valence-electron chi connectivity index (χ1n) is 6.07. The van der Waals surface area contributed by atoms with Gasteiger partial charge < -0.3 is 10.5 Å². The number of rotatable bonds is 1. The summed E-state index contributed by atoms with van der Waals surface area (Å²) >= 11 is 5.97. The van der Waals surface area contributed by atoms with Crippen molar-refractivity contribution in [3.05, 3.63) is 28.8 Å². The van der Waals surface area contributed by atoms with E-state index in [1.165, 1.54) is 0 Å². The second-order valence-corrected chi connectivity index (χ2v) is 6.47. The molecule has 0 spiro atoms. The third kappa shape index (κ3) is 3.14. The van der Waals surface area contributed by atoms with E-state index in [1.54, 1.807) is 0 Å². The predicted octanol–water partition coefficient (Wildman–Crippen LogP) is 3.93. The van der Waals surface area contributed by atoms with E-state index in [0.29, 0.717) is 0 Å². The summed E-state index contributed by atoms with van der Waals surface area (Å²) in [5.74, 6) is 0.891. The predicted molar refractivity (Wildman–Crippen MR) is 71.5 cm³/mol. The van der Waals surface area contributed by atoms with Crippen molar-refractivity contribution < 1.29 is 4.74 Å². The summed E-state index contributed by atoms with van der Waals surface area (Å²) in [6.45, 7) is 6.66. The smallest absolute Gasteiger partial charge is 0.124 e. The van der Waals surface area contributed by atoms with E-state index < -0.39 is 0 Å². The first kappa shape index (κ1) is 12.7. The third-order valence-corrected chi connectivity index (χ3v) is 3.26. The summed E-state index contributed by atoms with van der Waals surface area (Å²) in [6, 6.07) is 5.72. The fraction of sp³-hybridized carbons (Fsp3) is 0.571. The third-order valence-electron chi connectivity index (χ3n) is 3.02. The zero-order valence-electron chi connectivity index (χ0n) is 10.7. The highest BCUT2D eigenvalue weighted by Crippen LogP contribution is 2.38. The van der Waals surface area contributed by atoms with E-state index in [-0.39, 0.29) is 17.6 Å². The molecule has 0 amide bonds. The Hall–Kier alpha value is -0.730. The van der Waals surface area contributed by atoms with Crippen molar-refractivity contribution >= 4 is 11.6 Å². The highest BCUT2D eigenvalue weighted by Gasteiger charge is 2.29. The first-order valence-corrected chi connectivity index (χ1v) is 6.45. The molecule has 2 nitrogen and oxygen atoms in total. The minimum absolute atomic E-state index is 0.0322. The second kappa shape index (κ2) is 4.51. The maximum atomic E-state index is 6.19. The van der Waals surface area contributed by atoms with Gasteiger partial charge in [-0.3, -0.25) is 0 Å². The van der Waals surface area contributed by atoms with Gasteiger partial charge in [-0.2, -0.15) is 0 Å². The largest absolute Gasteiger partial charge is 0.490 e. The van der Waals surface area contributed by atoms with Crippen LogP contribution in [0.2, 0.25) is 5.02 Å². The minimum Gasteiger partial charge on any atom is -0.490 e. The van der Waals surface area contributed by atoms with Gasteiger partial charge in [-0.1, -0.05) is 32.4 Å². The van der Waals surface area contributed by atoms with Gasteiger partial charge in [0.2, 0.25) is 0 Å². The Kier molecular flexibility index (Phi) is 3.37. The molecule has 3 heteroatoms. The van der Waals surface area contributed by atoms with Crippen LogP contribution in [0.4, 0.5) is 0 Å². The van der Waals surface area contributed by atoms with Gasteiger partial charge in [0, 0.05) is 23.0 Å². The molecule has 1 aromatic rings. The highest BCUT2D eigenvalue weighted by atomic mass is 35.5. The van der Waals surface area contributed by atoms with Crippen LogP contribution in [0.15, 0.2) is 18.2 Å². The van der Waals surface area contributed by atoms with Crippen LogP contribution >= 0.6 is 11.6 Å². The lowest BCUT2D eigenvalue weighted by Crippen LogP contribution is -2.32. The van der Waals surface area contributed by atoms with E-state index in [4.69, 9.17) is 22.1 Å². The average Bonchev–Trinajstić information content (AvgIpc) is 2.17. The number of halogens is 1. The molecule has 0 aliphatic carbocycles. The van der Waals surface area contributed by atoms with Gasteiger partial charge >= 0.3 is 0 Å². The molecule has 0 fully saturated rings. The zero-order valence-corrected chi connectivity index (χ0v) is 11.4. The lowest BCUT2D eigenvalue weighted by Gasteiger charge is -2.34. The van der Waals surface area contributed by atoms with Crippen LogP contribution in [0.5, 0.6) is 5.75 Å². The molecule has 94 valence electrons. The van der Waals surface area contributed by atoms with Crippen molar-refractivity contribution in [3.63, 3.8) is 0 Å². The van der Waals surface area contributed by atoms with Gasteiger partial charge in [0.15, 0.2) is 0 Å². The summed E-state index contributed by atoms with van der Waals surface area (Å²) in [5.41, 5.74) is 7.47. The van der Waals surface area contributed by atoms with Crippen LogP contribution < -0.4 is 10.5 Å². The number of nitrogens with two attached hydrogens (primary N) is 1. The molecule has 2 unspecified atom stereocenters. The van der Waals surface area contributed by atoms with E-state index in [1.807, 2.05) is 18.2 Å². The molecule has 0 aromatic heterocycles. The summed E-state index contributed by atoms with van der Waals surface area (Å²) in [5, 5.41) is 0.720. The van der Waals surface area contributed by atoms with Crippen molar-refractivity contribution in [2.24, 2.45) is 11.1 Å². The van der Waals surface area contributed by atoms with Gasteiger partial charge in [-0.05, 0) is 30.0 Å². The normalized spacial score (nSPS) is 24.1. The SMILES string of the molecule is CC(C)(C)CC1CC(N)c2cc(Cl)ccc2O1. The number of hydrogen-bond acceptors (Lipinski definition) is 2. The van der Waals surface area contributed by atoms with Crippen molar-refractivity contribution in [1.29, 1.82) is 0 Å². The molecule has 1 aromatic carbocycles. The topological polar surface area (TPSA) is 35.2 Å². The lowest BCUT2D eigenvalue weighted by molar-refractivity contribution is 0.112. The number of hydrogen-bond donors (Lipinski definition) is 1. The quantitative estimate of drug-likeness (QED) is 0.823. The molecule has 2 atom stereocenters. The maximum Gasteiger partial charge on any atom is 0.124 e. The molecule has 0 radical (unpaired) electrons. The van der Waals surface area contributed by atoms with Crippen LogP contribution in [0.1, 0.15) is 45.2 Å². The average molecular weight is 254 g/mol. The Bertz CT molecular complexity index is 411. The number of ether oxygens (including phenoxy) is 1. The second-order valence-electron chi connectivity index (χ2n) is 6.03. The molecule has 2 N–H and O–H groups in total. The molecule has 0 saturated heterocycles. The molecule has 17 heavy (non-hydrogen) atoms. The minimum atomic E-state index is 0.0322. The summed E-state index contributed by atoms with van der Waals surface area (Å²) in [4.78, 5) is 0. The fourth-order valence-corrected chi connectivity index (χ4v) is 2.54. The molecule has 0 bridgehead atoms. The number of benzene rings is 1. The monoisotopic (exact) mass is 253 g/mol. The molecular formula is C14H20ClNO. The number of fused-ring (bicyclic) bond motifs is 1. The van der Waals surface area contributed by atoms with Crippen molar-refractivity contribution in [3.8, 4) is 5.75 Å². The molecule has 1 heterocycles. The Balaban J connectivity index is 2.19. The Morgan fingerprint density at radius 3 is 2.76 bits per heavy atom. The maximum absolute atomic E-state index is 6.19. The summed E-state index contributed by atoms with van der Waals surface area (Å²) < 4.78 is 5.99. The van der Waals surface area contributed by atoms with Crippen LogP contribution in [0.3, 0.4) is 0 Å². The van der Waals surface area contributed by atoms with Gasteiger partial charge in [-0.25, -0.2) is 0 Å². The fourth-order valence-electron chi connectivity index (χ4n) is 2.36. The highest BCUT2D eigenvalue weighted by molar-refractivity contribution is 6.30. The van der Waals surface area contributed by atoms with Crippen LogP contribution in [-0.2, 0) is 0 Å². The molecule has 0 saturated carbocycles. The summed E-state index contributed by atoms with van der Waals surface area (Å²) in [6.07, 6.45) is 2.09. The van der Waals surface area contributed by atoms with E-state index in [9.17, 15) is 0 Å². The van der Waals surface area contributed by atoms with Crippen molar-refractivity contribution in [1.82, 2.24) is 0 Å². The van der Waals surface area contributed by atoms with Crippen molar-refractivity contribution in [2.45, 2.75) is 45.8 Å². The van der Waals surface area contributed by atoms with Crippen LogP contribution in [0.25, 0.3) is 0 Å². The molecular weight excluding hydrogens is 234 g/mol. The van der Waals surface area contributed by atoms with E-state index in [0.717, 1.165) is 29.2 Å². The molecule has 1 aliphatic heterocycles. The molecule has 2 rings (SSSR count). The van der Waals surface area contributed by atoms with Crippen molar-refractivity contribution in [2.75, 3.05) is 0 Å². The Labute approximate surface area is 108 Å². The standard InChI is InChI=1S/C14H20ClNO/c1-14(2,3)8-10-7-12(16)11-6-9(15)4-5-13(11)17-10/h4-6,10,12H,7-8,16H2,1-3H3.